The summed E-state index contributed by atoms with van der Waals surface area (Å²) < 4.78 is 59.9. The molecule has 1 aromatic carbocycles. The van der Waals surface area contributed by atoms with Gasteiger partial charge in [0.25, 0.3) is 5.91 Å². The lowest BCUT2D eigenvalue weighted by molar-refractivity contribution is -0.187. The monoisotopic (exact) mass is 471 g/mol. The van der Waals surface area contributed by atoms with Crippen molar-refractivity contribution in [3.63, 3.8) is 0 Å². The third-order valence-electron chi connectivity index (χ3n) is 7.38. The molecule has 1 aromatic rings. The molecule has 9 heteroatoms. The maximum absolute atomic E-state index is 15.0. The molecule has 2 aliphatic carbocycles. The van der Waals surface area contributed by atoms with Crippen LogP contribution in [0.3, 0.4) is 0 Å². The topological polar surface area (TPSA) is 66.8 Å². The average molecular weight is 471 g/mol. The van der Waals surface area contributed by atoms with Gasteiger partial charge in [-0.3, -0.25) is 4.79 Å². The lowest BCUT2D eigenvalue weighted by Gasteiger charge is -2.37. The summed E-state index contributed by atoms with van der Waals surface area (Å²) in [6, 6.07) is 1.70. The van der Waals surface area contributed by atoms with Gasteiger partial charge in [0.05, 0.1) is 18.1 Å². The fourth-order valence-electron chi connectivity index (χ4n) is 5.03. The number of hydrogen-bond donors (Lipinski definition) is 1. The van der Waals surface area contributed by atoms with E-state index in [2.05, 4.69) is 0 Å². The van der Waals surface area contributed by atoms with Gasteiger partial charge in [-0.2, -0.15) is 13.2 Å². The van der Waals surface area contributed by atoms with Crippen LogP contribution < -0.4 is 4.74 Å². The lowest BCUT2D eigenvalue weighted by atomic mass is 9.72. The number of carboxylic acid groups (broad SMARTS) is 1. The van der Waals surface area contributed by atoms with Crippen molar-refractivity contribution in [1.82, 2.24) is 4.90 Å². The number of ether oxygens (including phenoxy) is 1. The van der Waals surface area contributed by atoms with Crippen LogP contribution in [0, 0.1) is 17.2 Å². The van der Waals surface area contributed by atoms with E-state index < -0.39 is 41.2 Å². The van der Waals surface area contributed by atoms with E-state index in [1.165, 1.54) is 17.0 Å². The highest BCUT2D eigenvalue weighted by molar-refractivity contribution is 5.97. The molecule has 1 N–H and O–H groups in total. The van der Waals surface area contributed by atoms with Crippen molar-refractivity contribution in [2.75, 3.05) is 13.2 Å². The predicted molar refractivity (Wildman–Crippen MR) is 112 cm³/mol. The van der Waals surface area contributed by atoms with Crippen LogP contribution in [0.15, 0.2) is 12.1 Å². The maximum Gasteiger partial charge on any atom is 0.391 e. The predicted octanol–water partition coefficient (Wildman–Crippen LogP) is 5.53. The van der Waals surface area contributed by atoms with E-state index in [1.54, 1.807) is 0 Å². The van der Waals surface area contributed by atoms with E-state index in [1.807, 2.05) is 6.92 Å². The lowest BCUT2D eigenvalue weighted by Crippen LogP contribution is -2.40. The van der Waals surface area contributed by atoms with E-state index in [-0.39, 0.29) is 37.5 Å². The summed E-state index contributed by atoms with van der Waals surface area (Å²) in [5.74, 6) is -3.34. The first kappa shape index (κ1) is 23.8. The molecule has 2 saturated carbocycles. The summed E-state index contributed by atoms with van der Waals surface area (Å²) in [7, 11) is 0. The number of alkyl halides is 3. The average Bonchev–Trinajstić information content (AvgIpc) is 3.46. The molecule has 182 valence electrons. The number of carbonyl (C=O) groups excluding carboxylic acids is 1. The molecule has 1 atom stereocenters. The largest absolute Gasteiger partial charge is 0.493 e. The third kappa shape index (κ3) is 5.11. The van der Waals surface area contributed by atoms with Crippen molar-refractivity contribution >= 4 is 11.9 Å². The first-order valence-electron chi connectivity index (χ1n) is 11.6. The molecule has 4 rings (SSSR count). The second-order valence-corrected chi connectivity index (χ2v) is 10.1. The van der Waals surface area contributed by atoms with Gasteiger partial charge in [0.2, 0.25) is 0 Å². The molecule has 0 aromatic heterocycles. The normalized spacial score (nSPS) is 28.1. The van der Waals surface area contributed by atoms with E-state index in [0.717, 1.165) is 12.8 Å². The smallest absolute Gasteiger partial charge is 0.391 e. The fraction of sp³-hybridized carbons (Fsp3) is 0.667. The molecule has 1 saturated heterocycles. The zero-order valence-corrected chi connectivity index (χ0v) is 18.6. The first-order valence-corrected chi connectivity index (χ1v) is 11.6. The van der Waals surface area contributed by atoms with E-state index in [4.69, 9.17) is 4.74 Å². The van der Waals surface area contributed by atoms with Crippen molar-refractivity contribution < 1.29 is 37.0 Å². The molecule has 1 heterocycles. The van der Waals surface area contributed by atoms with Gasteiger partial charge in [0.15, 0.2) is 0 Å². The van der Waals surface area contributed by atoms with Crippen LogP contribution in [0.5, 0.6) is 5.75 Å². The summed E-state index contributed by atoms with van der Waals surface area (Å²) in [4.78, 5) is 25.6. The van der Waals surface area contributed by atoms with Crippen LogP contribution in [0.2, 0.25) is 0 Å². The Morgan fingerprint density at radius 2 is 1.82 bits per heavy atom. The molecule has 5 nitrogen and oxygen atoms in total. The van der Waals surface area contributed by atoms with E-state index in [9.17, 15) is 32.3 Å². The fourth-order valence-corrected chi connectivity index (χ4v) is 5.03. The molecule has 1 amide bonds. The maximum atomic E-state index is 15.0. The zero-order valence-electron chi connectivity index (χ0n) is 18.6. The number of rotatable bonds is 6. The summed E-state index contributed by atoms with van der Waals surface area (Å²) in [6.07, 6.45) is -0.670. The van der Waals surface area contributed by atoms with Crippen molar-refractivity contribution in [1.29, 1.82) is 0 Å². The number of carboxylic acids is 1. The quantitative estimate of drug-likeness (QED) is 0.554. The molecule has 3 fully saturated rings. The van der Waals surface area contributed by atoms with Crippen LogP contribution in [0.1, 0.15) is 80.1 Å². The second kappa shape index (κ2) is 8.80. The van der Waals surface area contributed by atoms with Crippen LogP contribution >= 0.6 is 0 Å². The van der Waals surface area contributed by atoms with Gasteiger partial charge in [-0.15, -0.1) is 0 Å². The third-order valence-corrected chi connectivity index (χ3v) is 7.38. The van der Waals surface area contributed by atoms with Crippen LogP contribution in [-0.2, 0) is 4.79 Å². The Balaban J connectivity index is 1.49. The number of halogens is 4. The minimum Gasteiger partial charge on any atom is -0.493 e. The van der Waals surface area contributed by atoms with Gasteiger partial charge in [0, 0.05) is 18.0 Å². The highest BCUT2D eigenvalue weighted by Crippen LogP contribution is 2.48. The van der Waals surface area contributed by atoms with Crippen molar-refractivity contribution in [3.05, 3.63) is 29.1 Å². The number of nitrogens with zero attached hydrogens (tertiary/aromatic N) is 1. The van der Waals surface area contributed by atoms with Crippen molar-refractivity contribution in [3.8, 4) is 5.75 Å². The summed E-state index contributed by atoms with van der Waals surface area (Å²) in [6.45, 7) is 2.34. The van der Waals surface area contributed by atoms with E-state index >= 15 is 0 Å². The molecule has 0 spiro atoms. The SMILES string of the molecule is C[C@]1(COc2cc(F)c(C(=O)N3CCC[C@H]3C(=O)O)cc2C2CC2)CC[C@@H](C(F)(F)F)CC1. The van der Waals surface area contributed by atoms with Gasteiger partial charge in [-0.1, -0.05) is 6.92 Å². The molecule has 3 aliphatic rings. The van der Waals surface area contributed by atoms with Gasteiger partial charge in [-0.05, 0) is 68.9 Å². The Morgan fingerprint density at radius 1 is 1.15 bits per heavy atom. The summed E-state index contributed by atoms with van der Waals surface area (Å²) in [5.41, 5.74) is 0.116. The number of carbonyl (C=O) groups is 2. The Labute approximate surface area is 190 Å². The number of amides is 1. The standard InChI is InChI=1S/C24H29F4NO4/c1-23(8-6-15(7-9-23)24(26,27)28)13-33-20-12-18(25)17(11-16(20)14-4-5-14)21(30)29-10-2-3-19(29)22(31)32/h11-12,14-15,19H,2-10,13H2,1H3,(H,31,32)/t15-,19-,23+/m0/s1. The number of aliphatic carboxylic acids is 1. The van der Waals surface area contributed by atoms with Crippen LogP contribution in [0.25, 0.3) is 0 Å². The Morgan fingerprint density at radius 3 is 2.39 bits per heavy atom. The molecule has 0 radical (unpaired) electrons. The zero-order chi connectivity index (χ0) is 24.0. The van der Waals surface area contributed by atoms with Gasteiger partial charge in [0.1, 0.15) is 17.6 Å². The molecule has 33 heavy (non-hydrogen) atoms. The van der Waals surface area contributed by atoms with Crippen LogP contribution in [0.4, 0.5) is 17.6 Å². The molecular formula is C24H29F4NO4. The molecular weight excluding hydrogens is 442 g/mol. The highest BCUT2D eigenvalue weighted by atomic mass is 19.4. The van der Waals surface area contributed by atoms with Crippen molar-refractivity contribution in [2.45, 2.75) is 76.4 Å². The minimum absolute atomic E-state index is 0.0568. The first-order chi connectivity index (χ1) is 15.5. The summed E-state index contributed by atoms with van der Waals surface area (Å²) in [5, 5.41) is 9.35. The van der Waals surface area contributed by atoms with Gasteiger partial charge in [-0.25, -0.2) is 9.18 Å². The Hall–Kier alpha value is -2.32. The van der Waals surface area contributed by atoms with E-state index in [0.29, 0.717) is 37.0 Å². The number of hydrogen-bond acceptors (Lipinski definition) is 3. The molecule has 1 aliphatic heterocycles. The number of likely N-dealkylation sites (tertiary alicyclic amines) is 1. The molecule has 0 unspecified atom stereocenters. The number of benzene rings is 1. The summed E-state index contributed by atoms with van der Waals surface area (Å²) >= 11 is 0. The Kier molecular flexibility index (Phi) is 6.35. The Bertz CT molecular complexity index is 920. The van der Waals surface area contributed by atoms with Gasteiger partial charge < -0.3 is 14.7 Å². The minimum atomic E-state index is -4.18. The van der Waals surface area contributed by atoms with Crippen molar-refractivity contribution in [2.24, 2.45) is 11.3 Å². The highest BCUT2D eigenvalue weighted by Gasteiger charge is 2.45. The van der Waals surface area contributed by atoms with Gasteiger partial charge >= 0.3 is 12.1 Å². The second-order valence-electron chi connectivity index (χ2n) is 10.1. The van der Waals surface area contributed by atoms with Crippen LogP contribution in [-0.4, -0.2) is 47.3 Å². The molecule has 0 bridgehead atoms.